The number of rotatable bonds is 2. The maximum absolute atomic E-state index is 13.0. The molecule has 0 aliphatic carbocycles. The average Bonchev–Trinajstić information content (AvgIpc) is 2.82. The van der Waals surface area contributed by atoms with E-state index in [9.17, 15) is 4.39 Å². The van der Waals surface area contributed by atoms with Crippen LogP contribution in [0.5, 0.6) is 0 Å². The lowest BCUT2D eigenvalue weighted by Gasteiger charge is -2.36. The van der Waals surface area contributed by atoms with Crippen LogP contribution in [0.15, 0.2) is 29.3 Å². The van der Waals surface area contributed by atoms with E-state index < -0.39 is 0 Å². The molecule has 1 fully saturated rings. The van der Waals surface area contributed by atoms with Crippen LogP contribution < -0.4 is 5.32 Å². The molecule has 0 saturated carbocycles. The van der Waals surface area contributed by atoms with Crippen LogP contribution in [0.1, 0.15) is 38.3 Å². The fourth-order valence-electron chi connectivity index (χ4n) is 3.10. The van der Waals surface area contributed by atoms with Crippen molar-refractivity contribution in [1.29, 1.82) is 0 Å². The molecule has 3 rings (SSSR count). The topological polar surface area (TPSA) is 27.6 Å². The Morgan fingerprint density at radius 3 is 2.71 bits per heavy atom. The molecule has 1 saturated heterocycles. The second kappa shape index (κ2) is 6.94. The highest BCUT2D eigenvalue weighted by Gasteiger charge is 2.33. The summed E-state index contributed by atoms with van der Waals surface area (Å²) in [5.74, 6) is 1.56. The van der Waals surface area contributed by atoms with E-state index in [2.05, 4.69) is 29.1 Å². The van der Waals surface area contributed by atoms with Gasteiger partial charge in [0.2, 0.25) is 0 Å². The van der Waals surface area contributed by atoms with Crippen molar-refractivity contribution in [2.24, 2.45) is 10.9 Å². The van der Waals surface area contributed by atoms with E-state index in [0.717, 1.165) is 30.5 Å². The normalized spacial score (nSPS) is 25.7. The van der Waals surface area contributed by atoms with Gasteiger partial charge >= 0.3 is 0 Å². The highest BCUT2D eigenvalue weighted by Crippen LogP contribution is 2.26. The second-order valence-corrected chi connectivity index (χ2v) is 6.07. The third-order valence-electron chi connectivity index (χ3n) is 4.38. The molecular weight excluding hydrogens is 380 g/mol. The van der Waals surface area contributed by atoms with E-state index in [1.165, 1.54) is 25.0 Å². The molecule has 5 heteroatoms. The minimum atomic E-state index is -0.191. The van der Waals surface area contributed by atoms with Gasteiger partial charge in [0.15, 0.2) is 5.96 Å². The van der Waals surface area contributed by atoms with Crippen LogP contribution in [0, 0.1) is 11.7 Å². The zero-order valence-electron chi connectivity index (χ0n) is 12.6. The molecule has 1 aromatic rings. The molecule has 0 bridgehead atoms. The lowest BCUT2D eigenvalue weighted by atomic mass is 9.95. The molecule has 3 atom stereocenters. The third kappa shape index (κ3) is 3.67. The largest absolute Gasteiger partial charge is 0.350 e. The first-order chi connectivity index (χ1) is 9.63. The number of hydrogen-bond acceptors (Lipinski definition) is 3. The summed E-state index contributed by atoms with van der Waals surface area (Å²) in [5, 5.41) is 3.49. The quantitative estimate of drug-likeness (QED) is 0.765. The molecule has 0 radical (unpaired) electrons. The predicted molar refractivity (Wildman–Crippen MR) is 94.6 cm³/mol. The average molecular weight is 403 g/mol. The van der Waals surface area contributed by atoms with Crippen LogP contribution in [-0.2, 0) is 0 Å². The second-order valence-electron chi connectivity index (χ2n) is 6.07. The van der Waals surface area contributed by atoms with Crippen LogP contribution in [-0.4, -0.2) is 30.0 Å². The van der Waals surface area contributed by atoms with E-state index in [-0.39, 0.29) is 35.8 Å². The summed E-state index contributed by atoms with van der Waals surface area (Å²) in [6, 6.07) is 7.41. The first kappa shape index (κ1) is 16.5. The summed E-state index contributed by atoms with van der Waals surface area (Å²) in [5.41, 5.74) is 1.09. The van der Waals surface area contributed by atoms with Gasteiger partial charge in [-0.3, -0.25) is 4.99 Å². The van der Waals surface area contributed by atoms with Gasteiger partial charge in [-0.2, -0.15) is 0 Å². The molecule has 2 aliphatic rings. The van der Waals surface area contributed by atoms with E-state index in [0.29, 0.717) is 6.04 Å². The SMILES string of the molecule is CC1CCC2CN=C(N[C@@H](C)c3ccc(F)cc3)N2C1.I. The van der Waals surface area contributed by atoms with Crippen molar-refractivity contribution in [2.45, 2.75) is 38.8 Å². The fraction of sp³-hybridized carbons (Fsp3) is 0.562. The van der Waals surface area contributed by atoms with Gasteiger partial charge in [-0.25, -0.2) is 4.39 Å². The standard InChI is InChI=1S/C16H22FN3.HI/c1-11-3-8-15-9-18-16(20(15)10-11)19-12(2)13-4-6-14(17)7-5-13;/h4-7,11-12,15H,3,8-10H2,1-2H3,(H,18,19);1H/t11?,12-,15?;/m0./s1. The number of piperidine rings is 1. The van der Waals surface area contributed by atoms with Gasteiger partial charge in [-0.05, 0) is 43.4 Å². The smallest absolute Gasteiger partial charge is 0.194 e. The molecule has 0 spiro atoms. The summed E-state index contributed by atoms with van der Waals surface area (Å²) in [6.07, 6.45) is 2.54. The zero-order chi connectivity index (χ0) is 14.1. The van der Waals surface area contributed by atoms with Crippen molar-refractivity contribution in [3.05, 3.63) is 35.6 Å². The van der Waals surface area contributed by atoms with Crippen molar-refractivity contribution in [2.75, 3.05) is 13.1 Å². The van der Waals surface area contributed by atoms with Crippen LogP contribution >= 0.6 is 24.0 Å². The molecule has 2 aliphatic heterocycles. The van der Waals surface area contributed by atoms with Gasteiger partial charge in [0, 0.05) is 6.54 Å². The number of hydrogen-bond donors (Lipinski definition) is 1. The molecule has 1 N–H and O–H groups in total. The monoisotopic (exact) mass is 403 g/mol. The minimum absolute atomic E-state index is 0. The Bertz CT molecular complexity index is 503. The van der Waals surface area contributed by atoms with Gasteiger partial charge in [-0.1, -0.05) is 19.1 Å². The molecule has 3 nitrogen and oxygen atoms in total. The highest BCUT2D eigenvalue weighted by molar-refractivity contribution is 14.0. The Morgan fingerprint density at radius 1 is 1.29 bits per heavy atom. The molecule has 0 aromatic heterocycles. The van der Waals surface area contributed by atoms with Crippen molar-refractivity contribution < 1.29 is 4.39 Å². The van der Waals surface area contributed by atoms with Crippen LogP contribution in [0.2, 0.25) is 0 Å². The summed E-state index contributed by atoms with van der Waals surface area (Å²) in [6.45, 7) is 6.39. The van der Waals surface area contributed by atoms with E-state index >= 15 is 0 Å². The van der Waals surface area contributed by atoms with Crippen LogP contribution in [0.25, 0.3) is 0 Å². The number of aliphatic imine (C=N–C) groups is 1. The van der Waals surface area contributed by atoms with Crippen molar-refractivity contribution >= 4 is 29.9 Å². The summed E-state index contributed by atoms with van der Waals surface area (Å²) in [7, 11) is 0. The van der Waals surface area contributed by atoms with Crippen molar-refractivity contribution in [3.8, 4) is 0 Å². The number of fused-ring (bicyclic) bond motifs is 1. The van der Waals surface area contributed by atoms with E-state index in [1.54, 1.807) is 0 Å². The van der Waals surface area contributed by atoms with Gasteiger partial charge < -0.3 is 10.2 Å². The van der Waals surface area contributed by atoms with Gasteiger partial charge in [-0.15, -0.1) is 24.0 Å². The molecule has 21 heavy (non-hydrogen) atoms. The van der Waals surface area contributed by atoms with E-state index in [1.807, 2.05) is 12.1 Å². The molecule has 2 heterocycles. The summed E-state index contributed by atoms with van der Waals surface area (Å²) in [4.78, 5) is 7.07. The van der Waals surface area contributed by atoms with Crippen molar-refractivity contribution in [3.63, 3.8) is 0 Å². The molecule has 0 amide bonds. The van der Waals surface area contributed by atoms with Crippen LogP contribution in [0.3, 0.4) is 0 Å². The maximum atomic E-state index is 13.0. The Morgan fingerprint density at radius 2 is 2.00 bits per heavy atom. The summed E-state index contributed by atoms with van der Waals surface area (Å²) >= 11 is 0. The van der Waals surface area contributed by atoms with Crippen molar-refractivity contribution in [1.82, 2.24) is 10.2 Å². The van der Waals surface area contributed by atoms with Gasteiger partial charge in [0.05, 0.1) is 18.6 Å². The summed E-state index contributed by atoms with van der Waals surface area (Å²) < 4.78 is 13.0. The number of guanidine groups is 1. The highest BCUT2D eigenvalue weighted by atomic mass is 127. The minimum Gasteiger partial charge on any atom is -0.350 e. The lowest BCUT2D eigenvalue weighted by Crippen LogP contribution is -2.48. The van der Waals surface area contributed by atoms with Gasteiger partial charge in [0.1, 0.15) is 5.82 Å². The Hall–Kier alpha value is -0.850. The maximum Gasteiger partial charge on any atom is 0.194 e. The number of nitrogens with one attached hydrogen (secondary N) is 1. The number of halogens is 2. The zero-order valence-corrected chi connectivity index (χ0v) is 14.9. The van der Waals surface area contributed by atoms with Gasteiger partial charge in [0.25, 0.3) is 0 Å². The lowest BCUT2D eigenvalue weighted by molar-refractivity contribution is 0.210. The number of benzene rings is 1. The Kier molecular flexibility index (Phi) is 5.46. The number of nitrogens with zero attached hydrogens (tertiary/aromatic N) is 2. The fourth-order valence-corrected chi connectivity index (χ4v) is 3.10. The Balaban J connectivity index is 0.00000161. The Labute approximate surface area is 143 Å². The molecular formula is C16H23FIN3. The third-order valence-corrected chi connectivity index (χ3v) is 4.38. The van der Waals surface area contributed by atoms with Crippen LogP contribution in [0.4, 0.5) is 4.39 Å². The van der Waals surface area contributed by atoms with E-state index in [4.69, 9.17) is 0 Å². The molecule has 1 aromatic carbocycles. The molecule has 2 unspecified atom stereocenters. The first-order valence-corrected chi connectivity index (χ1v) is 7.46. The molecule has 116 valence electrons. The predicted octanol–water partition coefficient (Wildman–Crippen LogP) is 3.56. The first-order valence-electron chi connectivity index (χ1n) is 7.46.